The molecule has 2 aromatic heterocycles. The highest BCUT2D eigenvalue weighted by Gasteiger charge is 2.54. The lowest BCUT2D eigenvalue weighted by Crippen LogP contribution is -2.71. The van der Waals surface area contributed by atoms with Crippen LogP contribution in [0, 0.1) is 0 Å². The molecule has 4 heterocycles. The standard InChI is InChI=1S/C23H21N9O7S3/c24-22-25-13(10-41-22)15(28-39-7-11-4-2-1-3-5-11)18(35)26-16-19(36)32-17(21(37)38)12(8-40-20(16)32)9-42-23-27-29-30-31(23)6-14(33)34/h1-5,10,16,20H,6-9H2,(H2,24,25)(H,26,35)(H,33,34)(H,37,38)/t16?,20-/m0/s1. The normalized spacial score (nSPS) is 18.3. The van der Waals surface area contributed by atoms with Crippen molar-refractivity contribution < 1.29 is 34.2 Å². The van der Waals surface area contributed by atoms with Crippen molar-refractivity contribution in [2.45, 2.75) is 29.7 Å². The van der Waals surface area contributed by atoms with Crippen molar-refractivity contribution in [1.29, 1.82) is 0 Å². The smallest absolute Gasteiger partial charge is 0.352 e. The molecule has 0 aliphatic carbocycles. The first kappa shape index (κ1) is 29.0. The number of fused-ring (bicyclic) bond motifs is 1. The molecule has 1 unspecified atom stereocenters. The second-order valence-corrected chi connectivity index (χ2v) is 11.6. The molecule has 5 N–H and O–H groups in total. The number of hydrogen-bond acceptors (Lipinski definition) is 14. The Balaban J connectivity index is 1.29. The molecule has 1 fully saturated rings. The van der Waals surface area contributed by atoms with E-state index in [4.69, 9.17) is 15.7 Å². The predicted molar refractivity (Wildman–Crippen MR) is 150 cm³/mol. The number of tetrazole rings is 1. The Hall–Kier alpha value is -4.49. The number of carbonyl (C=O) groups is 4. The summed E-state index contributed by atoms with van der Waals surface area (Å²) in [5, 5.41) is 37.7. The van der Waals surface area contributed by atoms with Gasteiger partial charge in [0.25, 0.3) is 11.8 Å². The molecule has 2 aliphatic rings. The van der Waals surface area contributed by atoms with Gasteiger partial charge >= 0.3 is 11.9 Å². The number of β-lactam (4-membered cyclic amide) rings is 1. The lowest BCUT2D eigenvalue weighted by Gasteiger charge is -2.49. The van der Waals surface area contributed by atoms with Gasteiger partial charge in [0.15, 0.2) is 10.8 Å². The maximum Gasteiger partial charge on any atom is 0.352 e. The van der Waals surface area contributed by atoms with E-state index >= 15 is 0 Å². The van der Waals surface area contributed by atoms with E-state index in [0.29, 0.717) is 5.57 Å². The molecule has 16 nitrogen and oxygen atoms in total. The number of carbonyl (C=O) groups excluding carboxylic acids is 2. The van der Waals surface area contributed by atoms with Crippen LogP contribution in [0.15, 0.2) is 57.3 Å². The minimum atomic E-state index is -1.31. The van der Waals surface area contributed by atoms with Gasteiger partial charge in [-0.25, -0.2) is 14.5 Å². The van der Waals surface area contributed by atoms with E-state index in [1.54, 1.807) is 0 Å². The van der Waals surface area contributed by atoms with Crippen LogP contribution in [0.25, 0.3) is 0 Å². The molecule has 0 spiro atoms. The largest absolute Gasteiger partial charge is 0.480 e. The molecule has 218 valence electrons. The number of nitrogens with one attached hydrogen (secondary N) is 1. The molecule has 0 radical (unpaired) electrons. The second-order valence-electron chi connectivity index (χ2n) is 8.69. The summed E-state index contributed by atoms with van der Waals surface area (Å²) in [5.74, 6) is -3.46. The van der Waals surface area contributed by atoms with Crippen LogP contribution in [0.1, 0.15) is 11.3 Å². The number of carboxylic acids is 2. The van der Waals surface area contributed by atoms with Crippen LogP contribution in [0.2, 0.25) is 0 Å². The third-order valence-electron chi connectivity index (χ3n) is 5.91. The molecule has 19 heteroatoms. The Morgan fingerprint density at radius 3 is 2.71 bits per heavy atom. The van der Waals surface area contributed by atoms with E-state index in [2.05, 4.69) is 31.0 Å². The van der Waals surface area contributed by atoms with E-state index in [-0.39, 0.29) is 45.5 Å². The van der Waals surface area contributed by atoms with E-state index < -0.39 is 41.7 Å². The van der Waals surface area contributed by atoms with Crippen molar-refractivity contribution in [2.24, 2.45) is 5.16 Å². The maximum absolute atomic E-state index is 13.3. The number of nitrogens with zero attached hydrogens (tertiary/aromatic N) is 7. The van der Waals surface area contributed by atoms with Crippen molar-refractivity contribution in [2.75, 3.05) is 17.2 Å². The summed E-state index contributed by atoms with van der Waals surface area (Å²) < 4.78 is 1.08. The Labute approximate surface area is 249 Å². The average Bonchev–Trinajstić information content (AvgIpc) is 3.60. The Kier molecular flexibility index (Phi) is 8.69. The number of aromatic nitrogens is 5. The number of anilines is 1. The van der Waals surface area contributed by atoms with Crippen LogP contribution in [-0.2, 0) is 37.2 Å². The van der Waals surface area contributed by atoms with Gasteiger partial charge in [0, 0.05) is 16.9 Å². The lowest BCUT2D eigenvalue weighted by atomic mass is 10.0. The van der Waals surface area contributed by atoms with Crippen molar-refractivity contribution in [3.8, 4) is 0 Å². The summed E-state index contributed by atoms with van der Waals surface area (Å²) in [4.78, 5) is 60.3. The topological polar surface area (TPSA) is 228 Å². The maximum atomic E-state index is 13.3. The summed E-state index contributed by atoms with van der Waals surface area (Å²) >= 11 is 3.42. The Morgan fingerprint density at radius 2 is 2.02 bits per heavy atom. The van der Waals surface area contributed by atoms with E-state index in [1.807, 2.05) is 30.3 Å². The minimum Gasteiger partial charge on any atom is -0.480 e. The highest BCUT2D eigenvalue weighted by molar-refractivity contribution is 8.01. The fourth-order valence-corrected chi connectivity index (χ4v) is 6.94. The van der Waals surface area contributed by atoms with Gasteiger partial charge < -0.3 is 26.1 Å². The number of thiazole rings is 1. The first-order chi connectivity index (χ1) is 20.2. The van der Waals surface area contributed by atoms with Crippen LogP contribution in [0.5, 0.6) is 0 Å². The zero-order chi connectivity index (χ0) is 29.8. The van der Waals surface area contributed by atoms with Crippen LogP contribution in [-0.4, -0.2) is 92.7 Å². The molecule has 5 rings (SSSR count). The van der Waals surface area contributed by atoms with Gasteiger partial charge in [-0.3, -0.25) is 19.3 Å². The number of nitrogen functional groups attached to an aromatic ring is 1. The average molecular weight is 632 g/mol. The predicted octanol–water partition coefficient (Wildman–Crippen LogP) is 0.248. The number of amides is 2. The van der Waals surface area contributed by atoms with Gasteiger partial charge in [0.05, 0.1) is 0 Å². The molecule has 1 saturated heterocycles. The number of oxime groups is 1. The van der Waals surface area contributed by atoms with Gasteiger partial charge in [-0.1, -0.05) is 47.2 Å². The zero-order valence-electron chi connectivity index (χ0n) is 21.3. The van der Waals surface area contributed by atoms with Gasteiger partial charge in [-0.2, -0.15) is 0 Å². The van der Waals surface area contributed by atoms with Crippen LogP contribution < -0.4 is 11.1 Å². The SMILES string of the molecule is Nc1nc(C(=NOCc2ccccc2)C(=O)NC2C(=O)N3C(C(=O)O)=C(CSc4nnnn4CC(=O)O)CS[C@@H]23)cs1. The third kappa shape index (κ3) is 6.21. The quantitative estimate of drug-likeness (QED) is 0.0909. The van der Waals surface area contributed by atoms with Gasteiger partial charge in [-0.05, 0) is 21.6 Å². The molecule has 2 amide bonds. The van der Waals surface area contributed by atoms with E-state index in [1.165, 1.54) is 17.1 Å². The van der Waals surface area contributed by atoms with Crippen LogP contribution >= 0.6 is 34.9 Å². The van der Waals surface area contributed by atoms with Crippen LogP contribution in [0.3, 0.4) is 0 Å². The van der Waals surface area contributed by atoms with Crippen molar-refractivity contribution in [3.05, 3.63) is 58.2 Å². The number of hydrogen-bond donors (Lipinski definition) is 4. The molecule has 0 saturated carbocycles. The van der Waals surface area contributed by atoms with Gasteiger partial charge in [0.2, 0.25) is 5.16 Å². The third-order valence-corrected chi connectivity index (χ3v) is 8.96. The second kappa shape index (κ2) is 12.6. The summed E-state index contributed by atoms with van der Waals surface area (Å²) in [6.07, 6.45) is 0. The number of rotatable bonds is 12. The summed E-state index contributed by atoms with van der Waals surface area (Å²) in [6.45, 7) is -0.374. The molecule has 0 bridgehead atoms. The number of aliphatic carboxylic acids is 2. The minimum absolute atomic E-state index is 0.0854. The number of thioether (sulfide) groups is 2. The molecule has 2 atom stereocenters. The molecular weight excluding hydrogens is 611 g/mol. The zero-order valence-corrected chi connectivity index (χ0v) is 23.8. The number of nitrogens with two attached hydrogens (primary N) is 1. The van der Waals surface area contributed by atoms with E-state index in [0.717, 1.165) is 38.2 Å². The van der Waals surface area contributed by atoms with Gasteiger partial charge in [-0.15, -0.1) is 28.2 Å². The number of carboxylic acid groups (broad SMARTS) is 2. The van der Waals surface area contributed by atoms with Crippen LogP contribution in [0.4, 0.5) is 5.13 Å². The van der Waals surface area contributed by atoms with E-state index in [9.17, 15) is 24.3 Å². The van der Waals surface area contributed by atoms with Gasteiger partial charge in [0.1, 0.15) is 36.0 Å². The summed E-state index contributed by atoms with van der Waals surface area (Å²) in [5.41, 5.74) is 6.76. The Bertz CT molecular complexity index is 1590. The number of benzene rings is 1. The summed E-state index contributed by atoms with van der Waals surface area (Å²) in [7, 11) is 0. The first-order valence-electron chi connectivity index (χ1n) is 12.0. The first-order valence-corrected chi connectivity index (χ1v) is 14.9. The molecule has 2 aliphatic heterocycles. The van der Waals surface area contributed by atoms with Crippen molar-refractivity contribution in [1.82, 2.24) is 35.4 Å². The molecule has 3 aromatic rings. The van der Waals surface area contributed by atoms with Crippen molar-refractivity contribution in [3.63, 3.8) is 0 Å². The van der Waals surface area contributed by atoms with Crippen molar-refractivity contribution >= 4 is 69.5 Å². The highest BCUT2D eigenvalue weighted by Crippen LogP contribution is 2.41. The molecule has 42 heavy (non-hydrogen) atoms. The fraction of sp³-hybridized carbons (Fsp3) is 0.261. The monoisotopic (exact) mass is 631 g/mol. The summed E-state index contributed by atoms with van der Waals surface area (Å²) in [6, 6.07) is 8.15. The lowest BCUT2D eigenvalue weighted by molar-refractivity contribution is -0.150. The molecular formula is C23H21N9O7S3. The Morgan fingerprint density at radius 1 is 1.24 bits per heavy atom. The highest BCUT2D eigenvalue weighted by atomic mass is 32.2. The molecule has 1 aromatic carbocycles. The fourth-order valence-electron chi connectivity index (χ4n) is 4.03.